The van der Waals surface area contributed by atoms with Gasteiger partial charge in [0.25, 0.3) is 0 Å². The molecule has 6 nitrogen and oxygen atoms in total. The Morgan fingerprint density at radius 1 is 1.15 bits per heavy atom. The third-order valence-corrected chi connectivity index (χ3v) is 3.57. The lowest BCUT2D eigenvalue weighted by Crippen LogP contribution is -2.38. The molecule has 0 aromatic heterocycles. The zero-order valence-electron chi connectivity index (χ0n) is 16.8. The average Bonchev–Trinajstić information content (AvgIpc) is 2.51. The Balaban J connectivity index is 2.83. The molecule has 0 fully saturated rings. The Morgan fingerprint density at radius 2 is 1.77 bits per heavy atom. The number of hydrogen-bond donors (Lipinski definition) is 1. The molecular formula is C20H32N2O4. The number of carbonyl (C=O) groups excluding carboxylic acids is 2. The second kappa shape index (κ2) is 10.2. The Morgan fingerprint density at radius 3 is 2.27 bits per heavy atom. The molecule has 0 spiro atoms. The lowest BCUT2D eigenvalue weighted by Gasteiger charge is -2.23. The Kier molecular flexibility index (Phi) is 8.58. The van der Waals surface area contributed by atoms with Crippen LogP contribution in [0.2, 0.25) is 0 Å². The lowest BCUT2D eigenvalue weighted by molar-refractivity contribution is -0.145. The maximum atomic E-state index is 12.3. The van der Waals surface area contributed by atoms with Gasteiger partial charge in [-0.05, 0) is 72.3 Å². The van der Waals surface area contributed by atoms with Crippen LogP contribution in [-0.4, -0.2) is 49.8 Å². The van der Waals surface area contributed by atoms with Gasteiger partial charge in [-0.15, -0.1) is 0 Å². The molecule has 0 heterocycles. The summed E-state index contributed by atoms with van der Waals surface area (Å²) in [5.74, 6) is -0.501. The summed E-state index contributed by atoms with van der Waals surface area (Å²) in [6.07, 6.45) is 1.37. The van der Waals surface area contributed by atoms with Gasteiger partial charge in [-0.25, -0.2) is 9.59 Å². The van der Waals surface area contributed by atoms with E-state index in [1.807, 2.05) is 24.3 Å². The zero-order valence-corrected chi connectivity index (χ0v) is 16.8. The molecule has 1 N–H and O–H groups in total. The predicted molar refractivity (Wildman–Crippen MR) is 102 cm³/mol. The number of aryl methyl sites for hydroxylation is 1. The number of nitrogens with one attached hydrogen (secondary N) is 1. The second-order valence-electron chi connectivity index (χ2n) is 7.48. The topological polar surface area (TPSA) is 67.9 Å². The number of nitrogens with zero attached hydrogens (tertiary/aromatic N) is 1. The highest BCUT2D eigenvalue weighted by atomic mass is 16.6. The van der Waals surface area contributed by atoms with Gasteiger partial charge >= 0.3 is 12.1 Å². The summed E-state index contributed by atoms with van der Waals surface area (Å²) in [4.78, 5) is 26.5. The standard InChI is InChI=1S/C20H32N2O4/c1-7-25-18(23)17(21-19(24)26-20(2,3)4)16-12-10-15(11-13-16)9-8-14-22(5)6/h10-13,17H,7-9,14H2,1-6H3,(H,21,24). The number of hydrogen-bond acceptors (Lipinski definition) is 5. The summed E-state index contributed by atoms with van der Waals surface area (Å²) in [7, 11) is 4.10. The molecule has 1 unspecified atom stereocenters. The molecule has 0 aliphatic carbocycles. The maximum Gasteiger partial charge on any atom is 0.408 e. The molecule has 0 saturated heterocycles. The van der Waals surface area contributed by atoms with Crippen LogP contribution in [0.5, 0.6) is 0 Å². The third kappa shape index (κ3) is 8.34. The van der Waals surface area contributed by atoms with Crippen molar-refractivity contribution in [3.8, 4) is 0 Å². The molecule has 1 aromatic rings. The van der Waals surface area contributed by atoms with Gasteiger partial charge in [0.05, 0.1) is 6.61 Å². The molecule has 0 radical (unpaired) electrons. The van der Waals surface area contributed by atoms with E-state index in [1.165, 1.54) is 5.56 Å². The van der Waals surface area contributed by atoms with Crippen LogP contribution >= 0.6 is 0 Å². The van der Waals surface area contributed by atoms with Crippen molar-refractivity contribution in [2.24, 2.45) is 0 Å². The van der Waals surface area contributed by atoms with Crippen LogP contribution in [0.25, 0.3) is 0 Å². The normalized spacial score (nSPS) is 12.6. The summed E-state index contributed by atoms with van der Waals surface area (Å²) in [5, 5.41) is 2.61. The Labute approximate surface area is 156 Å². The van der Waals surface area contributed by atoms with E-state index in [0.29, 0.717) is 5.56 Å². The van der Waals surface area contributed by atoms with Gasteiger partial charge < -0.3 is 19.7 Å². The summed E-state index contributed by atoms with van der Waals surface area (Å²) in [6.45, 7) is 8.31. The number of carbonyl (C=O) groups is 2. The van der Waals surface area contributed by atoms with Crippen molar-refractivity contribution in [3.63, 3.8) is 0 Å². The molecular weight excluding hydrogens is 332 g/mol. The van der Waals surface area contributed by atoms with E-state index in [-0.39, 0.29) is 6.61 Å². The van der Waals surface area contributed by atoms with E-state index >= 15 is 0 Å². The molecule has 1 atom stereocenters. The first-order chi connectivity index (χ1) is 12.1. The molecule has 1 aromatic carbocycles. The smallest absolute Gasteiger partial charge is 0.408 e. The number of amides is 1. The van der Waals surface area contributed by atoms with Crippen LogP contribution in [0.3, 0.4) is 0 Å². The molecule has 26 heavy (non-hydrogen) atoms. The van der Waals surface area contributed by atoms with E-state index < -0.39 is 23.7 Å². The predicted octanol–water partition coefficient (Wildman–Crippen LogP) is 3.31. The van der Waals surface area contributed by atoms with Crippen LogP contribution < -0.4 is 5.32 Å². The minimum atomic E-state index is -0.888. The van der Waals surface area contributed by atoms with Crippen LogP contribution in [0.15, 0.2) is 24.3 Å². The van der Waals surface area contributed by atoms with E-state index in [0.717, 1.165) is 19.4 Å². The van der Waals surface area contributed by atoms with Gasteiger partial charge in [0, 0.05) is 0 Å². The minimum Gasteiger partial charge on any atom is -0.464 e. The van der Waals surface area contributed by atoms with Crippen molar-refractivity contribution in [1.82, 2.24) is 10.2 Å². The van der Waals surface area contributed by atoms with E-state index in [1.54, 1.807) is 27.7 Å². The largest absolute Gasteiger partial charge is 0.464 e. The summed E-state index contributed by atoms with van der Waals surface area (Å²) in [6, 6.07) is 6.77. The van der Waals surface area contributed by atoms with Crippen molar-refractivity contribution in [2.45, 2.75) is 52.2 Å². The first-order valence-electron chi connectivity index (χ1n) is 9.02. The maximum absolute atomic E-state index is 12.3. The lowest BCUT2D eigenvalue weighted by atomic mass is 10.0. The van der Waals surface area contributed by atoms with Crippen LogP contribution in [0.1, 0.15) is 51.3 Å². The molecule has 1 rings (SSSR count). The quantitative estimate of drug-likeness (QED) is 0.717. The molecule has 6 heteroatoms. The molecule has 146 valence electrons. The van der Waals surface area contributed by atoms with Crippen molar-refractivity contribution in [1.29, 1.82) is 0 Å². The van der Waals surface area contributed by atoms with Gasteiger partial charge in [0.15, 0.2) is 6.04 Å². The van der Waals surface area contributed by atoms with Crippen LogP contribution in [0, 0.1) is 0 Å². The van der Waals surface area contributed by atoms with E-state index in [9.17, 15) is 9.59 Å². The van der Waals surface area contributed by atoms with Gasteiger partial charge in [-0.2, -0.15) is 0 Å². The number of alkyl carbamates (subject to hydrolysis) is 1. The van der Waals surface area contributed by atoms with Crippen molar-refractivity contribution in [2.75, 3.05) is 27.2 Å². The number of ether oxygens (including phenoxy) is 2. The minimum absolute atomic E-state index is 0.244. The van der Waals surface area contributed by atoms with Gasteiger partial charge in [0.2, 0.25) is 0 Å². The number of benzene rings is 1. The number of rotatable bonds is 8. The van der Waals surface area contributed by atoms with Crippen molar-refractivity contribution in [3.05, 3.63) is 35.4 Å². The third-order valence-electron chi connectivity index (χ3n) is 3.57. The highest BCUT2D eigenvalue weighted by Gasteiger charge is 2.26. The van der Waals surface area contributed by atoms with Crippen molar-refractivity contribution < 1.29 is 19.1 Å². The fourth-order valence-corrected chi connectivity index (χ4v) is 2.41. The molecule has 0 saturated carbocycles. The second-order valence-corrected chi connectivity index (χ2v) is 7.48. The van der Waals surface area contributed by atoms with Gasteiger partial charge in [0.1, 0.15) is 5.60 Å². The van der Waals surface area contributed by atoms with Crippen LogP contribution in [0.4, 0.5) is 4.79 Å². The number of esters is 1. The van der Waals surface area contributed by atoms with Gasteiger partial charge in [-0.1, -0.05) is 24.3 Å². The fraction of sp³-hybridized carbons (Fsp3) is 0.600. The molecule has 0 aliphatic heterocycles. The summed E-state index contributed by atoms with van der Waals surface area (Å²) < 4.78 is 10.4. The highest BCUT2D eigenvalue weighted by molar-refractivity contribution is 5.82. The first-order valence-corrected chi connectivity index (χ1v) is 9.02. The fourth-order valence-electron chi connectivity index (χ4n) is 2.41. The molecule has 0 bridgehead atoms. The summed E-state index contributed by atoms with van der Waals surface area (Å²) in [5.41, 5.74) is 1.22. The highest BCUT2D eigenvalue weighted by Crippen LogP contribution is 2.18. The van der Waals surface area contributed by atoms with E-state index in [2.05, 4.69) is 24.3 Å². The Hall–Kier alpha value is -2.08. The monoisotopic (exact) mass is 364 g/mol. The van der Waals surface area contributed by atoms with Crippen molar-refractivity contribution >= 4 is 12.1 Å². The Bertz CT molecular complexity index is 576. The first kappa shape index (κ1) is 22.0. The summed E-state index contributed by atoms with van der Waals surface area (Å²) >= 11 is 0. The van der Waals surface area contributed by atoms with Gasteiger partial charge in [-0.3, -0.25) is 0 Å². The SMILES string of the molecule is CCOC(=O)C(NC(=O)OC(C)(C)C)c1ccc(CCCN(C)C)cc1. The average molecular weight is 364 g/mol. The van der Waals surface area contributed by atoms with Crippen LogP contribution in [-0.2, 0) is 20.7 Å². The van der Waals surface area contributed by atoms with E-state index in [4.69, 9.17) is 9.47 Å². The zero-order chi connectivity index (χ0) is 19.7. The molecule has 1 amide bonds. The molecule has 0 aliphatic rings.